The van der Waals surface area contributed by atoms with Crippen molar-refractivity contribution in [3.8, 4) is 0 Å². The summed E-state index contributed by atoms with van der Waals surface area (Å²) in [5.41, 5.74) is 4.21. The van der Waals surface area contributed by atoms with Crippen LogP contribution in [0.15, 0.2) is 24.3 Å². The molecule has 0 aliphatic heterocycles. The Balaban J connectivity index is 2.64. The number of anilines is 1. The normalized spacial score (nSPS) is 10.9. The van der Waals surface area contributed by atoms with E-state index in [0.717, 1.165) is 11.3 Å². The van der Waals surface area contributed by atoms with Crippen LogP contribution in [0.1, 0.15) is 26.3 Å². The van der Waals surface area contributed by atoms with Gasteiger partial charge in [0.15, 0.2) is 0 Å². The van der Waals surface area contributed by atoms with Crippen molar-refractivity contribution in [1.29, 1.82) is 0 Å². The molecular formula is C13H20N2O2. The van der Waals surface area contributed by atoms with Gasteiger partial charge in [0.2, 0.25) is 0 Å². The summed E-state index contributed by atoms with van der Waals surface area (Å²) in [5.74, 6) is 0. The van der Waals surface area contributed by atoms with Gasteiger partial charge in [-0.2, -0.15) is 0 Å². The van der Waals surface area contributed by atoms with Crippen LogP contribution in [-0.2, 0) is 4.74 Å². The predicted molar refractivity (Wildman–Crippen MR) is 69.0 cm³/mol. The summed E-state index contributed by atoms with van der Waals surface area (Å²) in [6, 6.07) is 7.81. The minimum Gasteiger partial charge on any atom is -0.443 e. The van der Waals surface area contributed by atoms with E-state index in [-0.39, 0.29) is 0 Å². The quantitative estimate of drug-likeness (QED) is 0.803. The minimum atomic E-state index is -0.489. The maximum absolute atomic E-state index is 11.6. The lowest BCUT2D eigenvalue weighted by Gasteiger charge is -2.25. The van der Waals surface area contributed by atoms with Crippen molar-refractivity contribution in [3.63, 3.8) is 0 Å². The number of hydrazine groups is 1. The van der Waals surface area contributed by atoms with Crippen LogP contribution in [0.3, 0.4) is 0 Å². The van der Waals surface area contributed by atoms with Crippen molar-refractivity contribution < 1.29 is 9.53 Å². The van der Waals surface area contributed by atoms with Gasteiger partial charge in [-0.05, 0) is 39.3 Å². The summed E-state index contributed by atoms with van der Waals surface area (Å²) in [5, 5.41) is 1.66. The summed E-state index contributed by atoms with van der Waals surface area (Å²) < 4.78 is 5.18. The number of aryl methyl sites for hydroxylation is 1. The smallest absolute Gasteiger partial charge is 0.426 e. The molecule has 0 fully saturated rings. The molecule has 4 heteroatoms. The Hall–Kier alpha value is -1.71. The summed E-state index contributed by atoms with van der Waals surface area (Å²) in [6.45, 7) is 7.49. The van der Waals surface area contributed by atoms with E-state index in [2.05, 4.69) is 5.43 Å². The average Bonchev–Trinajstić information content (AvgIpc) is 2.14. The first-order valence-electron chi connectivity index (χ1n) is 5.58. The number of carbonyl (C=O) groups is 1. The van der Waals surface area contributed by atoms with Crippen LogP contribution in [0.4, 0.5) is 10.5 Å². The van der Waals surface area contributed by atoms with E-state index < -0.39 is 11.7 Å². The summed E-state index contributed by atoms with van der Waals surface area (Å²) >= 11 is 0. The predicted octanol–water partition coefficient (Wildman–Crippen LogP) is 2.87. The number of nitrogens with one attached hydrogen (secondary N) is 1. The molecule has 0 aliphatic carbocycles. The van der Waals surface area contributed by atoms with Gasteiger partial charge in [-0.1, -0.05) is 18.2 Å². The Morgan fingerprint density at radius 1 is 1.29 bits per heavy atom. The summed E-state index contributed by atoms with van der Waals surface area (Å²) in [4.78, 5) is 11.6. The molecule has 0 saturated heterocycles. The third kappa shape index (κ3) is 4.34. The second-order valence-corrected chi connectivity index (χ2v) is 4.96. The molecule has 0 aromatic heterocycles. The van der Waals surface area contributed by atoms with Gasteiger partial charge in [-0.15, -0.1) is 0 Å². The largest absolute Gasteiger partial charge is 0.443 e. The molecule has 1 N–H and O–H groups in total. The number of rotatable bonds is 2. The van der Waals surface area contributed by atoms with Crippen molar-refractivity contribution in [3.05, 3.63) is 29.8 Å². The number of benzene rings is 1. The van der Waals surface area contributed by atoms with Crippen LogP contribution >= 0.6 is 0 Å². The molecule has 0 bridgehead atoms. The highest BCUT2D eigenvalue weighted by Gasteiger charge is 2.17. The Morgan fingerprint density at radius 2 is 1.88 bits per heavy atom. The van der Waals surface area contributed by atoms with E-state index in [1.165, 1.54) is 0 Å². The number of hydrogen-bond donors (Lipinski definition) is 1. The van der Waals surface area contributed by atoms with Crippen molar-refractivity contribution in [2.24, 2.45) is 0 Å². The summed E-state index contributed by atoms with van der Waals surface area (Å²) in [6.07, 6.45) is -0.455. The lowest BCUT2D eigenvalue weighted by molar-refractivity contribution is 0.0524. The van der Waals surface area contributed by atoms with E-state index in [1.54, 1.807) is 12.1 Å². The SMILES string of the molecule is Cc1ccccc1N(C)NC(=O)OC(C)(C)C. The number of amides is 1. The fourth-order valence-electron chi connectivity index (χ4n) is 1.44. The van der Waals surface area contributed by atoms with E-state index in [9.17, 15) is 4.79 Å². The molecule has 0 unspecified atom stereocenters. The first-order valence-corrected chi connectivity index (χ1v) is 5.58. The molecule has 94 valence electrons. The lowest BCUT2D eigenvalue weighted by atomic mass is 10.2. The highest BCUT2D eigenvalue weighted by atomic mass is 16.6. The van der Waals surface area contributed by atoms with E-state index in [4.69, 9.17) is 4.74 Å². The minimum absolute atomic E-state index is 0.455. The molecule has 0 atom stereocenters. The number of hydrogen-bond acceptors (Lipinski definition) is 3. The Bertz CT molecular complexity index is 397. The Kier molecular flexibility index (Phi) is 3.99. The Labute approximate surface area is 103 Å². The lowest BCUT2D eigenvalue weighted by Crippen LogP contribution is -2.42. The van der Waals surface area contributed by atoms with Crippen LogP contribution in [0.2, 0.25) is 0 Å². The zero-order valence-electron chi connectivity index (χ0n) is 11.1. The zero-order chi connectivity index (χ0) is 13.1. The molecule has 1 aromatic rings. The molecular weight excluding hydrogens is 216 g/mol. The molecule has 1 rings (SSSR count). The first-order chi connectivity index (χ1) is 7.79. The first kappa shape index (κ1) is 13.4. The molecule has 0 radical (unpaired) electrons. The monoisotopic (exact) mass is 236 g/mol. The standard InChI is InChI=1S/C13H20N2O2/c1-10-8-6-7-9-11(10)15(5)14-12(16)17-13(2,3)4/h6-9H,1-5H3,(H,14,16). The van der Waals surface area contributed by atoms with Gasteiger partial charge in [0.25, 0.3) is 0 Å². The van der Waals surface area contributed by atoms with Crippen LogP contribution < -0.4 is 10.4 Å². The van der Waals surface area contributed by atoms with Crippen molar-refractivity contribution in [1.82, 2.24) is 5.43 Å². The van der Waals surface area contributed by atoms with Crippen molar-refractivity contribution in [2.45, 2.75) is 33.3 Å². The Morgan fingerprint density at radius 3 is 2.41 bits per heavy atom. The van der Waals surface area contributed by atoms with E-state index in [0.29, 0.717) is 0 Å². The molecule has 17 heavy (non-hydrogen) atoms. The van der Waals surface area contributed by atoms with Gasteiger partial charge in [0.05, 0.1) is 5.69 Å². The zero-order valence-corrected chi connectivity index (χ0v) is 11.1. The molecule has 0 aliphatic rings. The van der Waals surface area contributed by atoms with E-state index in [1.807, 2.05) is 52.0 Å². The van der Waals surface area contributed by atoms with Gasteiger partial charge in [0, 0.05) is 7.05 Å². The maximum atomic E-state index is 11.6. The maximum Gasteiger partial charge on any atom is 0.426 e. The molecule has 4 nitrogen and oxygen atoms in total. The fraction of sp³-hybridized carbons (Fsp3) is 0.462. The molecule has 1 amide bonds. The number of ether oxygens (including phenoxy) is 1. The van der Waals surface area contributed by atoms with Gasteiger partial charge in [0.1, 0.15) is 5.60 Å². The molecule has 0 heterocycles. The van der Waals surface area contributed by atoms with Crippen LogP contribution in [0.5, 0.6) is 0 Å². The van der Waals surface area contributed by atoms with Crippen molar-refractivity contribution in [2.75, 3.05) is 12.1 Å². The second kappa shape index (κ2) is 5.08. The van der Waals surface area contributed by atoms with Crippen LogP contribution in [0, 0.1) is 6.92 Å². The molecule has 0 saturated carbocycles. The third-order valence-corrected chi connectivity index (χ3v) is 2.13. The number of nitrogens with zero attached hydrogens (tertiary/aromatic N) is 1. The van der Waals surface area contributed by atoms with Gasteiger partial charge < -0.3 is 4.74 Å². The number of carbonyl (C=O) groups excluding carboxylic acids is 1. The molecule has 1 aromatic carbocycles. The third-order valence-electron chi connectivity index (χ3n) is 2.13. The van der Waals surface area contributed by atoms with Gasteiger partial charge >= 0.3 is 6.09 Å². The molecule has 0 spiro atoms. The van der Waals surface area contributed by atoms with Gasteiger partial charge in [-0.3, -0.25) is 5.01 Å². The van der Waals surface area contributed by atoms with E-state index >= 15 is 0 Å². The van der Waals surface area contributed by atoms with Crippen molar-refractivity contribution >= 4 is 11.8 Å². The second-order valence-electron chi connectivity index (χ2n) is 4.96. The highest BCUT2D eigenvalue weighted by molar-refractivity contribution is 5.71. The topological polar surface area (TPSA) is 41.6 Å². The highest BCUT2D eigenvalue weighted by Crippen LogP contribution is 2.16. The average molecular weight is 236 g/mol. The number of para-hydroxylation sites is 1. The van der Waals surface area contributed by atoms with Crippen LogP contribution in [0.25, 0.3) is 0 Å². The van der Waals surface area contributed by atoms with Crippen LogP contribution in [-0.4, -0.2) is 18.7 Å². The van der Waals surface area contributed by atoms with Gasteiger partial charge in [-0.25, -0.2) is 10.2 Å². The summed E-state index contributed by atoms with van der Waals surface area (Å²) in [7, 11) is 1.78. The fourth-order valence-corrected chi connectivity index (χ4v) is 1.44.